The standard InChI is InChI=1S/C13H25NO2/c1-10(2)12-5-7-14(8-6-12)9-13(15)16-11(3)4/h10-12H,5-9H2,1-4H3. The average Bonchev–Trinajstić information content (AvgIpc) is 2.16. The lowest BCUT2D eigenvalue weighted by atomic mass is 9.87. The summed E-state index contributed by atoms with van der Waals surface area (Å²) in [6.45, 7) is 10.9. The predicted octanol–water partition coefficient (Wildman–Crippen LogP) is 2.31. The van der Waals surface area contributed by atoms with Gasteiger partial charge < -0.3 is 4.74 Å². The van der Waals surface area contributed by atoms with Crippen molar-refractivity contribution in [3.05, 3.63) is 0 Å². The molecular formula is C13H25NO2. The van der Waals surface area contributed by atoms with Crippen molar-refractivity contribution in [2.45, 2.75) is 46.6 Å². The summed E-state index contributed by atoms with van der Waals surface area (Å²) in [5, 5.41) is 0. The summed E-state index contributed by atoms with van der Waals surface area (Å²) >= 11 is 0. The average molecular weight is 227 g/mol. The van der Waals surface area contributed by atoms with E-state index < -0.39 is 0 Å². The highest BCUT2D eigenvalue weighted by atomic mass is 16.5. The molecule has 94 valence electrons. The molecule has 0 aromatic carbocycles. The molecule has 0 unspecified atom stereocenters. The van der Waals surface area contributed by atoms with Crippen molar-refractivity contribution in [1.29, 1.82) is 0 Å². The van der Waals surface area contributed by atoms with Crippen molar-refractivity contribution in [2.75, 3.05) is 19.6 Å². The smallest absolute Gasteiger partial charge is 0.320 e. The molecule has 1 aliphatic rings. The molecule has 0 atom stereocenters. The first-order valence-corrected chi connectivity index (χ1v) is 6.41. The zero-order valence-corrected chi connectivity index (χ0v) is 11.0. The van der Waals surface area contributed by atoms with Crippen molar-refractivity contribution >= 4 is 5.97 Å². The van der Waals surface area contributed by atoms with E-state index in [1.165, 1.54) is 12.8 Å². The zero-order valence-electron chi connectivity index (χ0n) is 11.0. The van der Waals surface area contributed by atoms with E-state index in [4.69, 9.17) is 4.74 Å². The number of carbonyl (C=O) groups is 1. The lowest BCUT2D eigenvalue weighted by Crippen LogP contribution is -2.39. The van der Waals surface area contributed by atoms with Crippen LogP contribution in [0.4, 0.5) is 0 Å². The molecule has 0 aliphatic carbocycles. The van der Waals surface area contributed by atoms with Crippen molar-refractivity contribution in [2.24, 2.45) is 11.8 Å². The maximum Gasteiger partial charge on any atom is 0.320 e. The molecule has 0 radical (unpaired) electrons. The molecule has 16 heavy (non-hydrogen) atoms. The van der Waals surface area contributed by atoms with E-state index in [-0.39, 0.29) is 12.1 Å². The summed E-state index contributed by atoms with van der Waals surface area (Å²) in [7, 11) is 0. The second kappa shape index (κ2) is 6.24. The maximum atomic E-state index is 11.5. The topological polar surface area (TPSA) is 29.5 Å². The Bertz CT molecular complexity index is 218. The minimum absolute atomic E-state index is 0.000651. The Hall–Kier alpha value is -0.570. The number of nitrogens with zero attached hydrogens (tertiary/aromatic N) is 1. The van der Waals surface area contributed by atoms with Crippen LogP contribution in [0.25, 0.3) is 0 Å². The number of hydrogen-bond acceptors (Lipinski definition) is 3. The molecule has 1 heterocycles. The predicted molar refractivity (Wildman–Crippen MR) is 65.2 cm³/mol. The first-order chi connectivity index (χ1) is 7.49. The van der Waals surface area contributed by atoms with Gasteiger partial charge in [-0.1, -0.05) is 13.8 Å². The van der Waals surface area contributed by atoms with E-state index in [9.17, 15) is 4.79 Å². The normalized spacial score (nSPS) is 19.4. The molecular weight excluding hydrogens is 202 g/mol. The highest BCUT2D eigenvalue weighted by Gasteiger charge is 2.23. The third-order valence-electron chi connectivity index (χ3n) is 3.29. The number of piperidine rings is 1. The van der Waals surface area contributed by atoms with Crippen LogP contribution < -0.4 is 0 Å². The van der Waals surface area contributed by atoms with E-state index in [0.717, 1.165) is 24.9 Å². The maximum absolute atomic E-state index is 11.5. The quantitative estimate of drug-likeness (QED) is 0.690. The van der Waals surface area contributed by atoms with Gasteiger partial charge in [-0.05, 0) is 51.6 Å². The van der Waals surface area contributed by atoms with Gasteiger partial charge in [0.05, 0.1) is 12.6 Å². The Morgan fingerprint density at radius 3 is 2.25 bits per heavy atom. The first kappa shape index (κ1) is 13.5. The van der Waals surface area contributed by atoms with E-state index in [1.807, 2.05) is 13.8 Å². The lowest BCUT2D eigenvalue weighted by Gasteiger charge is -2.33. The third kappa shape index (κ3) is 4.52. The first-order valence-electron chi connectivity index (χ1n) is 6.41. The van der Waals surface area contributed by atoms with Crippen LogP contribution >= 0.6 is 0 Å². The Balaban J connectivity index is 2.24. The third-order valence-corrected chi connectivity index (χ3v) is 3.29. The molecule has 0 aromatic rings. The van der Waals surface area contributed by atoms with E-state index in [2.05, 4.69) is 18.7 Å². The molecule has 0 saturated carbocycles. The van der Waals surface area contributed by atoms with E-state index >= 15 is 0 Å². The van der Waals surface area contributed by atoms with Gasteiger partial charge in [0, 0.05) is 0 Å². The fourth-order valence-corrected chi connectivity index (χ4v) is 2.26. The fourth-order valence-electron chi connectivity index (χ4n) is 2.26. The van der Waals surface area contributed by atoms with Crippen LogP contribution in [0, 0.1) is 11.8 Å². The summed E-state index contributed by atoms with van der Waals surface area (Å²) in [6, 6.07) is 0. The van der Waals surface area contributed by atoms with Crippen molar-refractivity contribution < 1.29 is 9.53 Å². The second-order valence-corrected chi connectivity index (χ2v) is 5.40. The van der Waals surface area contributed by atoms with Crippen LogP contribution in [0.2, 0.25) is 0 Å². The second-order valence-electron chi connectivity index (χ2n) is 5.40. The van der Waals surface area contributed by atoms with Crippen LogP contribution in [-0.2, 0) is 9.53 Å². The molecule has 0 bridgehead atoms. The van der Waals surface area contributed by atoms with Crippen LogP contribution in [0.15, 0.2) is 0 Å². The van der Waals surface area contributed by atoms with Crippen molar-refractivity contribution in [3.63, 3.8) is 0 Å². The number of esters is 1. The van der Waals surface area contributed by atoms with Crippen LogP contribution in [0.1, 0.15) is 40.5 Å². The highest BCUT2D eigenvalue weighted by molar-refractivity contribution is 5.71. The van der Waals surface area contributed by atoms with Crippen LogP contribution in [-0.4, -0.2) is 36.6 Å². The van der Waals surface area contributed by atoms with Gasteiger partial charge >= 0.3 is 5.97 Å². The summed E-state index contributed by atoms with van der Waals surface area (Å²) in [5.74, 6) is 1.51. The van der Waals surface area contributed by atoms with Gasteiger partial charge in [-0.25, -0.2) is 0 Å². The monoisotopic (exact) mass is 227 g/mol. The highest BCUT2D eigenvalue weighted by Crippen LogP contribution is 2.24. The Morgan fingerprint density at radius 2 is 1.81 bits per heavy atom. The molecule has 1 rings (SSSR count). The van der Waals surface area contributed by atoms with Crippen molar-refractivity contribution in [3.8, 4) is 0 Å². The largest absolute Gasteiger partial charge is 0.462 e. The number of carbonyl (C=O) groups excluding carboxylic acids is 1. The number of likely N-dealkylation sites (tertiary alicyclic amines) is 1. The Morgan fingerprint density at radius 1 is 1.25 bits per heavy atom. The van der Waals surface area contributed by atoms with Crippen LogP contribution in [0.3, 0.4) is 0 Å². The van der Waals surface area contributed by atoms with Gasteiger partial charge in [-0.3, -0.25) is 9.69 Å². The van der Waals surface area contributed by atoms with E-state index in [0.29, 0.717) is 6.54 Å². The van der Waals surface area contributed by atoms with Gasteiger partial charge in [0.25, 0.3) is 0 Å². The molecule has 0 amide bonds. The van der Waals surface area contributed by atoms with E-state index in [1.54, 1.807) is 0 Å². The fraction of sp³-hybridized carbons (Fsp3) is 0.923. The molecule has 0 aromatic heterocycles. The lowest BCUT2D eigenvalue weighted by molar-refractivity contribution is -0.149. The number of ether oxygens (including phenoxy) is 1. The Kier molecular flexibility index (Phi) is 5.26. The Labute approximate surface area is 99.1 Å². The van der Waals surface area contributed by atoms with Crippen molar-refractivity contribution in [1.82, 2.24) is 4.90 Å². The molecule has 1 aliphatic heterocycles. The number of hydrogen-bond donors (Lipinski definition) is 0. The zero-order chi connectivity index (χ0) is 12.1. The summed E-state index contributed by atoms with van der Waals surface area (Å²) in [6.07, 6.45) is 2.43. The molecule has 1 fully saturated rings. The van der Waals surface area contributed by atoms with Gasteiger partial charge in [0.2, 0.25) is 0 Å². The van der Waals surface area contributed by atoms with Gasteiger partial charge in [0.15, 0.2) is 0 Å². The minimum Gasteiger partial charge on any atom is -0.462 e. The molecule has 0 spiro atoms. The SMILES string of the molecule is CC(C)OC(=O)CN1CCC(C(C)C)CC1. The molecule has 1 saturated heterocycles. The summed E-state index contributed by atoms with van der Waals surface area (Å²) in [5.41, 5.74) is 0. The molecule has 3 heteroatoms. The van der Waals surface area contributed by atoms with Gasteiger partial charge in [-0.15, -0.1) is 0 Å². The summed E-state index contributed by atoms with van der Waals surface area (Å²) < 4.78 is 5.15. The van der Waals surface area contributed by atoms with Gasteiger partial charge in [-0.2, -0.15) is 0 Å². The summed E-state index contributed by atoms with van der Waals surface area (Å²) in [4.78, 5) is 13.7. The number of rotatable bonds is 4. The minimum atomic E-state index is -0.0852. The van der Waals surface area contributed by atoms with Crippen LogP contribution in [0.5, 0.6) is 0 Å². The molecule has 3 nitrogen and oxygen atoms in total. The molecule has 0 N–H and O–H groups in total. The van der Waals surface area contributed by atoms with Gasteiger partial charge in [0.1, 0.15) is 0 Å².